The van der Waals surface area contributed by atoms with Crippen molar-refractivity contribution in [1.29, 1.82) is 0 Å². The first kappa shape index (κ1) is 25.6. The number of nitrogens with zero attached hydrogens (tertiary/aromatic N) is 4. The molecule has 0 aliphatic carbocycles. The van der Waals surface area contributed by atoms with Gasteiger partial charge in [0.1, 0.15) is 6.54 Å². The van der Waals surface area contributed by atoms with Crippen LogP contribution in [0.25, 0.3) is 0 Å². The second kappa shape index (κ2) is 12.0. The molecular weight excluding hydrogens is 486 g/mol. The van der Waals surface area contributed by atoms with Gasteiger partial charge in [0.15, 0.2) is 0 Å². The number of hydrogen-bond acceptors (Lipinski definition) is 6. The summed E-state index contributed by atoms with van der Waals surface area (Å²) in [6.07, 6.45) is 0.571. The third kappa shape index (κ3) is 6.61. The Bertz CT molecular complexity index is 1040. The van der Waals surface area contributed by atoms with E-state index in [0.717, 1.165) is 29.2 Å². The van der Waals surface area contributed by atoms with Gasteiger partial charge in [-0.1, -0.05) is 35.9 Å². The van der Waals surface area contributed by atoms with E-state index in [0.29, 0.717) is 37.7 Å². The van der Waals surface area contributed by atoms with Gasteiger partial charge in [0, 0.05) is 43.7 Å². The van der Waals surface area contributed by atoms with Crippen molar-refractivity contribution in [3.8, 4) is 0 Å². The lowest BCUT2D eigenvalue weighted by Crippen LogP contribution is -2.50. The minimum absolute atomic E-state index is 0.0328. The van der Waals surface area contributed by atoms with Crippen LogP contribution in [0.3, 0.4) is 0 Å². The fourth-order valence-electron chi connectivity index (χ4n) is 4.23. The maximum absolute atomic E-state index is 13.6. The summed E-state index contributed by atoms with van der Waals surface area (Å²) < 4.78 is 5.42. The van der Waals surface area contributed by atoms with Gasteiger partial charge in [-0.2, -0.15) is 5.10 Å². The van der Waals surface area contributed by atoms with Crippen molar-refractivity contribution in [2.45, 2.75) is 32.4 Å². The summed E-state index contributed by atoms with van der Waals surface area (Å²) in [7, 11) is 0. The highest BCUT2D eigenvalue weighted by Crippen LogP contribution is 2.37. The third-order valence-electron chi connectivity index (χ3n) is 6.05. The second-order valence-corrected chi connectivity index (χ2v) is 10.3. The fourth-order valence-corrected chi connectivity index (χ4v) is 5.22. The summed E-state index contributed by atoms with van der Waals surface area (Å²) in [4.78, 5) is 31.5. The van der Waals surface area contributed by atoms with Gasteiger partial charge in [0.25, 0.3) is 5.91 Å². The Kier molecular flexibility index (Phi) is 8.78. The molecule has 1 aromatic carbocycles. The Morgan fingerprint density at radius 2 is 2.00 bits per heavy atom. The Hall–Kier alpha value is -2.46. The Labute approximate surface area is 215 Å². The molecule has 1 aromatic heterocycles. The highest BCUT2D eigenvalue weighted by atomic mass is 35.5. The molecule has 1 saturated heterocycles. The van der Waals surface area contributed by atoms with Gasteiger partial charge in [-0.25, -0.2) is 9.80 Å². The zero-order valence-corrected chi connectivity index (χ0v) is 21.7. The number of benzene rings is 1. The van der Waals surface area contributed by atoms with E-state index in [1.165, 1.54) is 5.01 Å². The van der Waals surface area contributed by atoms with E-state index < -0.39 is 0 Å². The lowest BCUT2D eigenvalue weighted by atomic mass is 10.0. The van der Waals surface area contributed by atoms with E-state index in [4.69, 9.17) is 21.4 Å². The van der Waals surface area contributed by atoms with Crippen LogP contribution in [0.2, 0.25) is 5.02 Å². The van der Waals surface area contributed by atoms with Crippen LogP contribution < -0.4 is 5.32 Å². The predicted molar refractivity (Wildman–Crippen MR) is 139 cm³/mol. The SMILES string of the molecule is CC(C)NC(=O)N(CCN1CCOCC1)CC(=O)N1N=C(c2cccs2)C[C@H]1c1ccccc1Cl. The van der Waals surface area contributed by atoms with Crippen LogP contribution in [0.4, 0.5) is 4.79 Å². The van der Waals surface area contributed by atoms with E-state index in [2.05, 4.69) is 10.2 Å². The average Bonchev–Trinajstić information content (AvgIpc) is 3.52. The number of ether oxygens (including phenoxy) is 1. The number of morpholine rings is 1. The summed E-state index contributed by atoms with van der Waals surface area (Å²) in [5.74, 6) is -0.234. The molecule has 1 atom stereocenters. The van der Waals surface area contributed by atoms with E-state index in [1.807, 2.05) is 55.6 Å². The summed E-state index contributed by atoms with van der Waals surface area (Å²) in [6, 6.07) is 10.9. The van der Waals surface area contributed by atoms with Gasteiger partial charge in [-0.3, -0.25) is 9.69 Å². The van der Waals surface area contributed by atoms with Crippen molar-refractivity contribution < 1.29 is 14.3 Å². The standard InChI is InChI=1S/C25H32ClN5O3S/c1-18(2)27-25(33)30(10-9-29-11-13-34-14-12-29)17-24(32)31-22(19-6-3-4-7-20(19)26)16-21(28-31)23-8-5-15-35-23/h3-8,15,18,22H,9-14,16-17H2,1-2H3,(H,27,33)/t22-/m0/s1. The molecule has 4 rings (SSSR count). The zero-order chi connectivity index (χ0) is 24.8. The number of thiophene rings is 1. The quantitative estimate of drug-likeness (QED) is 0.577. The van der Waals surface area contributed by atoms with Crippen molar-refractivity contribution in [2.24, 2.45) is 5.10 Å². The van der Waals surface area contributed by atoms with E-state index >= 15 is 0 Å². The highest BCUT2D eigenvalue weighted by molar-refractivity contribution is 7.12. The molecule has 1 N–H and O–H groups in total. The molecule has 2 aliphatic heterocycles. The molecule has 10 heteroatoms. The minimum Gasteiger partial charge on any atom is -0.379 e. The summed E-state index contributed by atoms with van der Waals surface area (Å²) in [5, 5.41) is 11.8. The summed E-state index contributed by atoms with van der Waals surface area (Å²) in [5.41, 5.74) is 1.70. The van der Waals surface area contributed by atoms with Crippen LogP contribution >= 0.6 is 22.9 Å². The lowest BCUT2D eigenvalue weighted by Gasteiger charge is -2.31. The number of amides is 3. The van der Waals surface area contributed by atoms with E-state index in [1.54, 1.807) is 16.2 Å². The molecule has 2 aliphatic rings. The molecule has 0 saturated carbocycles. The van der Waals surface area contributed by atoms with Crippen LogP contribution in [0.15, 0.2) is 46.9 Å². The molecule has 0 spiro atoms. The number of hydrazone groups is 1. The van der Waals surface area contributed by atoms with Gasteiger partial charge in [-0.15, -0.1) is 11.3 Å². The van der Waals surface area contributed by atoms with E-state index in [-0.39, 0.29) is 30.6 Å². The molecule has 188 valence electrons. The normalized spacial score (nSPS) is 18.6. The topological polar surface area (TPSA) is 77.5 Å². The number of nitrogens with one attached hydrogen (secondary N) is 1. The van der Waals surface area contributed by atoms with Crippen molar-refractivity contribution in [3.63, 3.8) is 0 Å². The molecule has 2 aromatic rings. The zero-order valence-electron chi connectivity index (χ0n) is 20.2. The number of carbonyl (C=O) groups is 2. The molecule has 3 amide bonds. The van der Waals surface area contributed by atoms with Crippen molar-refractivity contribution in [3.05, 3.63) is 57.2 Å². The number of halogens is 1. The molecular formula is C25H32ClN5O3S. The van der Waals surface area contributed by atoms with Crippen LogP contribution in [0.1, 0.15) is 36.8 Å². The monoisotopic (exact) mass is 517 g/mol. The molecule has 0 unspecified atom stereocenters. The predicted octanol–water partition coefficient (Wildman–Crippen LogP) is 3.83. The second-order valence-electron chi connectivity index (χ2n) is 8.98. The van der Waals surface area contributed by atoms with Crippen LogP contribution in [0, 0.1) is 0 Å². The fraction of sp³-hybridized carbons (Fsp3) is 0.480. The first-order valence-corrected chi connectivity index (χ1v) is 13.2. The number of hydrogen-bond donors (Lipinski definition) is 1. The van der Waals surface area contributed by atoms with Crippen molar-refractivity contribution in [1.82, 2.24) is 20.1 Å². The summed E-state index contributed by atoms with van der Waals surface area (Å²) in [6.45, 7) is 7.89. The van der Waals surface area contributed by atoms with Crippen molar-refractivity contribution in [2.75, 3.05) is 45.9 Å². The number of carbonyl (C=O) groups excluding carboxylic acids is 2. The van der Waals surface area contributed by atoms with Gasteiger partial charge in [-0.05, 0) is 36.9 Å². The first-order valence-electron chi connectivity index (χ1n) is 12.0. The molecule has 0 radical (unpaired) electrons. The minimum atomic E-state index is -0.317. The smallest absolute Gasteiger partial charge is 0.318 e. The van der Waals surface area contributed by atoms with Crippen LogP contribution in [0.5, 0.6) is 0 Å². The molecule has 8 nitrogen and oxygen atoms in total. The van der Waals surface area contributed by atoms with Crippen LogP contribution in [-0.2, 0) is 9.53 Å². The largest absolute Gasteiger partial charge is 0.379 e. The Balaban J connectivity index is 1.54. The maximum atomic E-state index is 13.6. The van der Waals surface area contributed by atoms with Gasteiger partial charge in [0.2, 0.25) is 0 Å². The summed E-state index contributed by atoms with van der Waals surface area (Å²) >= 11 is 8.11. The van der Waals surface area contributed by atoms with Gasteiger partial charge < -0.3 is 15.0 Å². The molecule has 3 heterocycles. The van der Waals surface area contributed by atoms with Crippen molar-refractivity contribution >= 4 is 40.6 Å². The maximum Gasteiger partial charge on any atom is 0.318 e. The number of rotatable bonds is 8. The van der Waals surface area contributed by atoms with Crippen LogP contribution in [-0.4, -0.2) is 84.4 Å². The van der Waals surface area contributed by atoms with Gasteiger partial charge >= 0.3 is 6.03 Å². The highest BCUT2D eigenvalue weighted by Gasteiger charge is 2.35. The van der Waals surface area contributed by atoms with E-state index in [9.17, 15) is 9.59 Å². The Morgan fingerprint density at radius 1 is 1.23 bits per heavy atom. The average molecular weight is 518 g/mol. The molecule has 0 bridgehead atoms. The Morgan fingerprint density at radius 3 is 2.69 bits per heavy atom. The molecule has 35 heavy (non-hydrogen) atoms. The number of urea groups is 1. The lowest BCUT2D eigenvalue weighted by molar-refractivity contribution is -0.133. The first-order chi connectivity index (χ1) is 16.9. The molecule has 1 fully saturated rings. The van der Waals surface area contributed by atoms with Gasteiger partial charge in [0.05, 0.1) is 29.8 Å². The third-order valence-corrected chi connectivity index (χ3v) is 7.31.